The van der Waals surface area contributed by atoms with Gasteiger partial charge in [0.05, 0.1) is 11.7 Å². The fourth-order valence-corrected chi connectivity index (χ4v) is 4.26. The summed E-state index contributed by atoms with van der Waals surface area (Å²) in [5.74, 6) is -0.649. The molecule has 0 spiro atoms. The molecule has 0 aliphatic carbocycles. The zero-order valence-electron chi connectivity index (χ0n) is 22.0. The van der Waals surface area contributed by atoms with Gasteiger partial charge in [-0.25, -0.2) is 4.79 Å². The Kier molecular flexibility index (Phi) is 10.2. The molecule has 5 heteroatoms. The van der Waals surface area contributed by atoms with E-state index < -0.39 is 5.97 Å². The number of Topliss-reactive ketones (excluding diaryl/α,β-unsaturated/α-hetero) is 2. The van der Waals surface area contributed by atoms with Crippen LogP contribution in [0, 0.1) is 6.92 Å². The average Bonchev–Trinajstić information content (AvgIpc) is 2.88. The summed E-state index contributed by atoms with van der Waals surface area (Å²) in [5, 5.41) is 9.73. The van der Waals surface area contributed by atoms with Crippen LogP contribution in [0.4, 0.5) is 0 Å². The van der Waals surface area contributed by atoms with Crippen molar-refractivity contribution in [2.75, 3.05) is 0 Å². The highest BCUT2D eigenvalue weighted by Crippen LogP contribution is 2.20. The van der Waals surface area contributed by atoms with E-state index in [0.717, 1.165) is 24.2 Å². The number of carbonyl (C=O) groups excluding carboxylic acids is 2. The van der Waals surface area contributed by atoms with E-state index >= 15 is 0 Å². The van der Waals surface area contributed by atoms with Gasteiger partial charge in [0, 0.05) is 24.0 Å². The van der Waals surface area contributed by atoms with Crippen LogP contribution in [0.5, 0.6) is 5.75 Å². The minimum absolute atomic E-state index is 0.0165. The van der Waals surface area contributed by atoms with Crippen LogP contribution in [-0.2, 0) is 12.8 Å². The van der Waals surface area contributed by atoms with Gasteiger partial charge in [-0.2, -0.15) is 0 Å². The largest absolute Gasteiger partial charge is 0.491 e. The highest BCUT2D eigenvalue weighted by molar-refractivity contribution is 6.00. The van der Waals surface area contributed by atoms with E-state index in [0.29, 0.717) is 22.3 Å². The first-order chi connectivity index (χ1) is 17.8. The Morgan fingerprint density at radius 2 is 1.43 bits per heavy atom. The maximum Gasteiger partial charge on any atom is 0.335 e. The topological polar surface area (TPSA) is 80.7 Å². The first kappa shape index (κ1) is 27.9. The van der Waals surface area contributed by atoms with Gasteiger partial charge >= 0.3 is 5.97 Å². The second kappa shape index (κ2) is 13.5. The first-order valence-electron chi connectivity index (χ1n) is 13.0. The number of ketones is 2. The van der Waals surface area contributed by atoms with E-state index in [4.69, 9.17) is 4.74 Å². The minimum atomic E-state index is -1.12. The molecule has 5 nitrogen and oxygen atoms in total. The maximum atomic E-state index is 12.9. The molecule has 0 saturated heterocycles. The molecule has 0 saturated carbocycles. The summed E-state index contributed by atoms with van der Waals surface area (Å²) in [5.41, 5.74) is 3.20. The number of carboxylic acids is 1. The van der Waals surface area contributed by atoms with Crippen LogP contribution in [-0.4, -0.2) is 28.7 Å². The Labute approximate surface area is 219 Å². The van der Waals surface area contributed by atoms with E-state index in [-0.39, 0.29) is 36.1 Å². The average molecular weight is 501 g/mol. The number of benzene rings is 3. The molecule has 3 aromatic carbocycles. The van der Waals surface area contributed by atoms with E-state index in [1.54, 1.807) is 48.5 Å². The van der Waals surface area contributed by atoms with Gasteiger partial charge in [-0.05, 0) is 68.1 Å². The Bertz CT molecular complexity index is 1210. The highest BCUT2D eigenvalue weighted by atomic mass is 16.5. The number of carbonyl (C=O) groups is 3. The van der Waals surface area contributed by atoms with Crippen LogP contribution in [0.1, 0.15) is 93.7 Å². The number of rotatable bonds is 14. The van der Waals surface area contributed by atoms with Crippen molar-refractivity contribution in [3.8, 4) is 5.75 Å². The molecule has 0 fully saturated rings. The molecule has 194 valence electrons. The monoisotopic (exact) mass is 500 g/mol. The van der Waals surface area contributed by atoms with Gasteiger partial charge in [-0.3, -0.25) is 9.59 Å². The summed E-state index contributed by atoms with van der Waals surface area (Å²) in [6.45, 7) is 6.19. The zero-order chi connectivity index (χ0) is 26.8. The molecular formula is C32H36O5. The van der Waals surface area contributed by atoms with Crippen LogP contribution < -0.4 is 4.74 Å². The lowest BCUT2D eigenvalue weighted by molar-refractivity contribution is 0.0695. The summed E-state index contributed by atoms with van der Waals surface area (Å²) in [6.07, 6.45) is 5.97. The van der Waals surface area contributed by atoms with E-state index in [1.807, 2.05) is 19.1 Å². The van der Waals surface area contributed by atoms with Gasteiger partial charge < -0.3 is 9.84 Å². The lowest BCUT2D eigenvalue weighted by Crippen LogP contribution is -2.12. The summed E-state index contributed by atoms with van der Waals surface area (Å²) < 4.78 is 5.97. The molecule has 0 aliphatic heterocycles. The third-order valence-corrected chi connectivity index (χ3v) is 6.47. The zero-order valence-corrected chi connectivity index (χ0v) is 22.0. The normalized spacial score (nSPS) is 11.6. The molecule has 37 heavy (non-hydrogen) atoms. The number of unbranched alkanes of at least 4 members (excludes halogenated alkanes) is 3. The predicted molar refractivity (Wildman–Crippen MR) is 146 cm³/mol. The maximum absolute atomic E-state index is 12.9. The molecule has 1 atom stereocenters. The Balaban J connectivity index is 1.62. The number of hydrogen-bond donors (Lipinski definition) is 1. The summed E-state index contributed by atoms with van der Waals surface area (Å²) in [6, 6.07) is 19.2. The number of hydrogen-bond acceptors (Lipinski definition) is 4. The molecule has 0 bridgehead atoms. The molecule has 3 aromatic rings. The Morgan fingerprint density at radius 1 is 0.811 bits per heavy atom. The van der Waals surface area contributed by atoms with E-state index in [9.17, 15) is 19.5 Å². The van der Waals surface area contributed by atoms with Crippen molar-refractivity contribution < 1.29 is 24.2 Å². The van der Waals surface area contributed by atoms with E-state index in [2.05, 4.69) is 13.8 Å². The van der Waals surface area contributed by atoms with Gasteiger partial charge in [-0.15, -0.1) is 0 Å². The number of ether oxygens (including phenoxy) is 1. The fraction of sp³-hybridized carbons (Fsp3) is 0.344. The van der Waals surface area contributed by atoms with Crippen LogP contribution in [0.2, 0.25) is 0 Å². The lowest BCUT2D eigenvalue weighted by atomic mass is 9.94. The molecule has 1 N–H and O–H groups in total. The van der Waals surface area contributed by atoms with Gasteiger partial charge in [0.15, 0.2) is 11.6 Å². The third-order valence-electron chi connectivity index (χ3n) is 6.47. The van der Waals surface area contributed by atoms with Crippen molar-refractivity contribution in [1.29, 1.82) is 0 Å². The molecule has 0 aromatic heterocycles. The van der Waals surface area contributed by atoms with Gasteiger partial charge in [-0.1, -0.05) is 68.1 Å². The van der Waals surface area contributed by atoms with Crippen molar-refractivity contribution in [2.24, 2.45) is 0 Å². The molecule has 0 amide bonds. The Morgan fingerprint density at radius 3 is 2.05 bits per heavy atom. The third kappa shape index (κ3) is 8.42. The molecule has 0 radical (unpaired) electrons. The predicted octanol–water partition coefficient (Wildman–Crippen LogP) is 7.28. The summed E-state index contributed by atoms with van der Waals surface area (Å²) >= 11 is 0. The highest BCUT2D eigenvalue weighted by Gasteiger charge is 2.17. The van der Waals surface area contributed by atoms with E-state index in [1.165, 1.54) is 25.3 Å². The molecular weight excluding hydrogens is 464 g/mol. The quantitative estimate of drug-likeness (QED) is 0.186. The van der Waals surface area contributed by atoms with Crippen molar-refractivity contribution in [1.82, 2.24) is 0 Å². The fourth-order valence-electron chi connectivity index (χ4n) is 4.26. The summed E-state index contributed by atoms with van der Waals surface area (Å²) in [4.78, 5) is 37.4. The van der Waals surface area contributed by atoms with Crippen LogP contribution >= 0.6 is 0 Å². The molecule has 3 rings (SSSR count). The SMILES string of the molecule is CCCCCC[C@H](C)Oc1ccc(C(=O)Cc2ccc(CC(=O)c3ccc(C)cc3)c(C(=O)O)c2)cc1. The molecule has 0 heterocycles. The van der Waals surface area contributed by atoms with Gasteiger partial charge in [0.1, 0.15) is 5.75 Å². The molecule has 0 aliphatic rings. The van der Waals surface area contributed by atoms with Crippen molar-refractivity contribution in [3.63, 3.8) is 0 Å². The van der Waals surface area contributed by atoms with Crippen molar-refractivity contribution >= 4 is 17.5 Å². The van der Waals surface area contributed by atoms with Crippen LogP contribution in [0.25, 0.3) is 0 Å². The van der Waals surface area contributed by atoms with Crippen molar-refractivity contribution in [3.05, 3.63) is 100 Å². The van der Waals surface area contributed by atoms with Gasteiger partial charge in [0.25, 0.3) is 0 Å². The van der Waals surface area contributed by atoms with Gasteiger partial charge in [0.2, 0.25) is 0 Å². The molecule has 0 unspecified atom stereocenters. The van der Waals surface area contributed by atoms with Crippen molar-refractivity contribution in [2.45, 2.75) is 71.8 Å². The van der Waals surface area contributed by atoms with Crippen LogP contribution in [0.3, 0.4) is 0 Å². The number of aryl methyl sites for hydroxylation is 1. The second-order valence-corrected chi connectivity index (χ2v) is 9.66. The first-order valence-corrected chi connectivity index (χ1v) is 13.0. The lowest BCUT2D eigenvalue weighted by Gasteiger charge is -2.15. The van der Waals surface area contributed by atoms with Crippen LogP contribution in [0.15, 0.2) is 66.7 Å². The minimum Gasteiger partial charge on any atom is -0.491 e. The number of carboxylic acid groups (broad SMARTS) is 1. The smallest absolute Gasteiger partial charge is 0.335 e. The summed E-state index contributed by atoms with van der Waals surface area (Å²) in [7, 11) is 0. The standard InChI is InChI=1S/C32H36O5/c1-4-5-6-7-8-23(3)37-28-17-15-26(16-18-28)30(33)20-24-11-14-27(29(19-24)32(35)36)21-31(34)25-12-9-22(2)10-13-25/h9-19,23H,4-8,20-21H2,1-3H3,(H,35,36)/t23-/m0/s1. The Hall–Kier alpha value is -3.73. The second-order valence-electron chi connectivity index (χ2n) is 9.66. The number of aromatic carboxylic acids is 1.